The lowest BCUT2D eigenvalue weighted by atomic mass is 10.1. The zero-order valence-electron chi connectivity index (χ0n) is 10.1. The number of hydrogen-bond acceptors (Lipinski definition) is 3. The average molecular weight is 218 g/mol. The van der Waals surface area contributed by atoms with Gasteiger partial charge in [0.25, 0.3) is 0 Å². The molecule has 0 aliphatic rings. The molecule has 4 nitrogen and oxygen atoms in total. The van der Waals surface area contributed by atoms with E-state index in [4.69, 9.17) is 5.73 Å². The van der Waals surface area contributed by atoms with Gasteiger partial charge in [0.05, 0.1) is 0 Å². The Bertz CT molecular complexity index is 493. The van der Waals surface area contributed by atoms with Crippen LogP contribution in [-0.4, -0.2) is 21.1 Å². The molecule has 0 saturated heterocycles. The summed E-state index contributed by atoms with van der Waals surface area (Å²) >= 11 is 0. The maximum atomic E-state index is 5.62. The Morgan fingerprint density at radius 2 is 2.12 bits per heavy atom. The molecule has 0 atom stereocenters. The summed E-state index contributed by atoms with van der Waals surface area (Å²) in [6.45, 7) is 7.08. The Morgan fingerprint density at radius 3 is 2.75 bits per heavy atom. The molecule has 86 valence electrons. The van der Waals surface area contributed by atoms with Crippen LogP contribution in [-0.2, 0) is 12.0 Å². The molecule has 0 saturated carbocycles. The van der Waals surface area contributed by atoms with Crippen molar-refractivity contribution in [3.8, 4) is 0 Å². The zero-order valence-corrected chi connectivity index (χ0v) is 10.1. The Balaban J connectivity index is 2.69. The summed E-state index contributed by atoms with van der Waals surface area (Å²) in [6, 6.07) is 3.90. The molecule has 0 aromatic carbocycles. The highest BCUT2D eigenvalue weighted by atomic mass is 15.2. The summed E-state index contributed by atoms with van der Waals surface area (Å²) in [5.41, 5.74) is 7.49. The van der Waals surface area contributed by atoms with E-state index in [-0.39, 0.29) is 5.54 Å². The molecule has 0 bridgehead atoms. The van der Waals surface area contributed by atoms with Crippen LogP contribution in [0.1, 0.15) is 26.6 Å². The van der Waals surface area contributed by atoms with Gasteiger partial charge >= 0.3 is 0 Å². The van der Waals surface area contributed by atoms with E-state index in [9.17, 15) is 0 Å². The molecule has 0 spiro atoms. The van der Waals surface area contributed by atoms with Gasteiger partial charge in [-0.25, -0.2) is 9.97 Å². The molecule has 0 aliphatic carbocycles. The first kappa shape index (κ1) is 11.1. The molecular formula is C12H18N4. The third-order valence-corrected chi connectivity index (χ3v) is 2.52. The third kappa shape index (κ3) is 1.80. The maximum Gasteiger partial charge on any atom is 0.160 e. The minimum atomic E-state index is -0.0202. The van der Waals surface area contributed by atoms with Gasteiger partial charge < -0.3 is 10.3 Å². The molecule has 0 fully saturated rings. The number of imidazole rings is 1. The van der Waals surface area contributed by atoms with Gasteiger partial charge in [0.2, 0.25) is 0 Å². The number of pyridine rings is 1. The first-order valence-corrected chi connectivity index (χ1v) is 5.57. The van der Waals surface area contributed by atoms with E-state index >= 15 is 0 Å². The summed E-state index contributed by atoms with van der Waals surface area (Å²) in [5.74, 6) is 1.02. The van der Waals surface area contributed by atoms with E-state index in [2.05, 4.69) is 35.3 Å². The van der Waals surface area contributed by atoms with Gasteiger partial charge in [0.1, 0.15) is 11.3 Å². The van der Waals surface area contributed by atoms with Crippen LogP contribution in [0.4, 0.5) is 0 Å². The van der Waals surface area contributed by atoms with Crippen LogP contribution in [0.3, 0.4) is 0 Å². The van der Waals surface area contributed by atoms with Gasteiger partial charge in [-0.05, 0) is 39.4 Å². The zero-order chi connectivity index (χ0) is 11.8. The summed E-state index contributed by atoms with van der Waals surface area (Å²) in [5, 5.41) is 0. The summed E-state index contributed by atoms with van der Waals surface area (Å²) < 4.78 is 2.18. The van der Waals surface area contributed by atoms with Gasteiger partial charge in [0.15, 0.2) is 5.65 Å². The number of nitrogens with zero attached hydrogens (tertiary/aromatic N) is 3. The average Bonchev–Trinajstić information content (AvgIpc) is 2.55. The van der Waals surface area contributed by atoms with Crippen molar-refractivity contribution >= 4 is 11.2 Å². The van der Waals surface area contributed by atoms with E-state index in [0.717, 1.165) is 23.4 Å². The Morgan fingerprint density at radius 1 is 1.38 bits per heavy atom. The monoisotopic (exact) mass is 218 g/mol. The fourth-order valence-corrected chi connectivity index (χ4v) is 1.96. The quantitative estimate of drug-likeness (QED) is 0.834. The van der Waals surface area contributed by atoms with Gasteiger partial charge in [-0.2, -0.15) is 0 Å². The molecule has 0 radical (unpaired) electrons. The number of nitrogens with two attached hydrogens (primary N) is 1. The largest absolute Gasteiger partial charge is 0.330 e. The van der Waals surface area contributed by atoms with E-state index in [1.54, 1.807) is 6.20 Å². The van der Waals surface area contributed by atoms with Crippen LogP contribution in [0.15, 0.2) is 18.3 Å². The highest BCUT2D eigenvalue weighted by molar-refractivity contribution is 5.71. The highest BCUT2D eigenvalue weighted by Crippen LogP contribution is 2.23. The number of rotatable bonds is 2. The van der Waals surface area contributed by atoms with Crippen LogP contribution < -0.4 is 5.73 Å². The van der Waals surface area contributed by atoms with Crippen molar-refractivity contribution in [2.45, 2.75) is 32.7 Å². The van der Waals surface area contributed by atoms with Crippen LogP contribution in [0.2, 0.25) is 0 Å². The van der Waals surface area contributed by atoms with Gasteiger partial charge in [0, 0.05) is 18.2 Å². The lowest BCUT2D eigenvalue weighted by molar-refractivity contribution is 0.392. The fourth-order valence-electron chi connectivity index (χ4n) is 1.96. The lowest BCUT2D eigenvalue weighted by Crippen LogP contribution is -2.25. The standard InChI is InChI=1S/C12H18N4/c1-12(2,3)16-10(6-7-13)15-9-5-4-8-14-11(9)16/h4-5,8H,6-7,13H2,1-3H3. The predicted molar refractivity (Wildman–Crippen MR) is 65.3 cm³/mol. The first-order valence-electron chi connectivity index (χ1n) is 5.57. The minimum Gasteiger partial charge on any atom is -0.330 e. The lowest BCUT2D eigenvalue weighted by Gasteiger charge is -2.23. The van der Waals surface area contributed by atoms with Crippen molar-refractivity contribution in [1.29, 1.82) is 0 Å². The smallest absolute Gasteiger partial charge is 0.160 e. The summed E-state index contributed by atoms with van der Waals surface area (Å²) in [4.78, 5) is 9.00. The highest BCUT2D eigenvalue weighted by Gasteiger charge is 2.21. The maximum absolute atomic E-state index is 5.62. The Labute approximate surface area is 95.5 Å². The third-order valence-electron chi connectivity index (χ3n) is 2.52. The van der Waals surface area contributed by atoms with Crippen molar-refractivity contribution in [3.63, 3.8) is 0 Å². The van der Waals surface area contributed by atoms with Crippen LogP contribution in [0.5, 0.6) is 0 Å². The first-order chi connectivity index (χ1) is 7.54. The minimum absolute atomic E-state index is 0.0202. The second kappa shape index (κ2) is 3.87. The molecule has 2 rings (SSSR count). The molecular weight excluding hydrogens is 200 g/mol. The van der Waals surface area contributed by atoms with Gasteiger partial charge in [-0.1, -0.05) is 0 Å². The summed E-state index contributed by atoms with van der Waals surface area (Å²) in [6.07, 6.45) is 2.59. The van der Waals surface area contributed by atoms with E-state index in [1.165, 1.54) is 0 Å². The molecule has 2 aromatic rings. The normalized spacial score (nSPS) is 12.2. The molecule has 0 amide bonds. The van der Waals surface area contributed by atoms with Crippen LogP contribution in [0.25, 0.3) is 11.2 Å². The molecule has 2 N–H and O–H groups in total. The number of aromatic nitrogens is 3. The Kier molecular flexibility index (Phi) is 2.68. The summed E-state index contributed by atoms with van der Waals surface area (Å²) in [7, 11) is 0. The van der Waals surface area contributed by atoms with Crippen molar-refractivity contribution in [2.24, 2.45) is 5.73 Å². The molecule has 2 heterocycles. The molecule has 0 unspecified atom stereocenters. The van der Waals surface area contributed by atoms with Crippen LogP contribution in [0, 0.1) is 0 Å². The van der Waals surface area contributed by atoms with Crippen molar-refractivity contribution in [3.05, 3.63) is 24.2 Å². The van der Waals surface area contributed by atoms with E-state index in [0.29, 0.717) is 6.54 Å². The van der Waals surface area contributed by atoms with E-state index in [1.807, 2.05) is 12.1 Å². The van der Waals surface area contributed by atoms with Gasteiger partial charge in [-0.3, -0.25) is 0 Å². The van der Waals surface area contributed by atoms with Crippen molar-refractivity contribution in [1.82, 2.24) is 14.5 Å². The molecule has 2 aromatic heterocycles. The van der Waals surface area contributed by atoms with Crippen molar-refractivity contribution in [2.75, 3.05) is 6.54 Å². The second-order valence-electron chi connectivity index (χ2n) is 4.92. The van der Waals surface area contributed by atoms with Gasteiger partial charge in [-0.15, -0.1) is 0 Å². The van der Waals surface area contributed by atoms with Crippen molar-refractivity contribution < 1.29 is 0 Å². The topological polar surface area (TPSA) is 56.7 Å². The number of hydrogen-bond donors (Lipinski definition) is 1. The predicted octanol–water partition coefficient (Wildman–Crippen LogP) is 1.69. The van der Waals surface area contributed by atoms with Crippen LogP contribution >= 0.6 is 0 Å². The Hall–Kier alpha value is -1.42. The number of fused-ring (bicyclic) bond motifs is 1. The SMILES string of the molecule is CC(C)(C)n1c(CCN)nc2cccnc21. The van der Waals surface area contributed by atoms with E-state index < -0.39 is 0 Å². The second-order valence-corrected chi connectivity index (χ2v) is 4.92. The molecule has 16 heavy (non-hydrogen) atoms. The fraction of sp³-hybridized carbons (Fsp3) is 0.500. The molecule has 4 heteroatoms. The molecule has 0 aliphatic heterocycles.